The van der Waals surface area contributed by atoms with E-state index in [1.807, 2.05) is 0 Å². The highest BCUT2D eigenvalue weighted by Gasteiger charge is 2.61. The van der Waals surface area contributed by atoms with Crippen LogP contribution < -0.4 is 0 Å². The molecule has 0 radical (unpaired) electrons. The van der Waals surface area contributed by atoms with E-state index in [-0.39, 0.29) is 5.41 Å². The molecule has 4 aliphatic carbocycles. The minimum Gasteiger partial charge on any atom is -0.390 e. The van der Waals surface area contributed by atoms with Gasteiger partial charge in [-0.1, -0.05) is 6.92 Å². The van der Waals surface area contributed by atoms with Crippen LogP contribution in [0.1, 0.15) is 45.4 Å². The van der Waals surface area contributed by atoms with Gasteiger partial charge in [0.15, 0.2) is 0 Å². The largest absolute Gasteiger partial charge is 0.390 e. The predicted octanol–water partition coefficient (Wildman–Crippen LogP) is 2.43. The fourth-order valence-electron chi connectivity index (χ4n) is 4.74. The molecule has 4 bridgehead atoms. The van der Waals surface area contributed by atoms with Crippen molar-refractivity contribution in [2.45, 2.75) is 56.7 Å². The van der Waals surface area contributed by atoms with Crippen LogP contribution in [0.25, 0.3) is 0 Å². The molecule has 4 unspecified atom stereocenters. The summed E-state index contributed by atoms with van der Waals surface area (Å²) in [6.45, 7) is 2.15. The van der Waals surface area contributed by atoms with Crippen molar-refractivity contribution in [3.05, 3.63) is 0 Å². The Labute approximate surface area is 78.3 Å². The Balaban J connectivity index is 2.03. The molecular weight excluding hydrogens is 167 g/mol. The van der Waals surface area contributed by atoms with Crippen LogP contribution >= 0.6 is 0 Å². The first kappa shape index (κ1) is 8.22. The summed E-state index contributed by atoms with van der Waals surface area (Å²) >= 11 is 0. The van der Waals surface area contributed by atoms with Crippen LogP contribution in [-0.2, 0) is 0 Å². The third-order valence-corrected chi connectivity index (χ3v) is 4.25. The van der Waals surface area contributed by atoms with Gasteiger partial charge in [0.25, 0.3) is 0 Å². The Hall–Kier alpha value is -0.110. The van der Waals surface area contributed by atoms with Crippen molar-refractivity contribution >= 4 is 0 Å². The zero-order chi connectivity index (χ0) is 9.32. The van der Waals surface area contributed by atoms with E-state index in [1.54, 1.807) is 0 Å². The first-order chi connectivity index (χ1) is 5.91. The van der Waals surface area contributed by atoms with Gasteiger partial charge in [-0.25, -0.2) is 4.39 Å². The minimum atomic E-state index is -1.02. The number of rotatable bonds is 0. The second-order valence-electron chi connectivity index (χ2n) is 6.19. The molecule has 0 aliphatic heterocycles. The predicted molar refractivity (Wildman–Crippen MR) is 48.1 cm³/mol. The molecule has 4 aliphatic rings. The molecule has 13 heavy (non-hydrogen) atoms. The molecule has 0 aromatic carbocycles. The molecule has 0 aromatic heterocycles. The average molecular weight is 184 g/mol. The number of hydrogen-bond acceptors (Lipinski definition) is 1. The highest BCUT2D eigenvalue weighted by Crippen LogP contribution is 2.64. The maximum absolute atomic E-state index is 14.2. The Morgan fingerprint density at radius 3 is 2.46 bits per heavy atom. The Morgan fingerprint density at radius 2 is 1.92 bits per heavy atom. The molecule has 2 heteroatoms. The van der Waals surface area contributed by atoms with Gasteiger partial charge < -0.3 is 5.11 Å². The summed E-state index contributed by atoms with van der Waals surface area (Å²) in [5, 5.41) is 10.2. The monoisotopic (exact) mass is 184 g/mol. The van der Waals surface area contributed by atoms with Crippen molar-refractivity contribution in [2.24, 2.45) is 11.3 Å². The smallest absolute Gasteiger partial charge is 0.114 e. The first-order valence-corrected chi connectivity index (χ1v) is 5.32. The van der Waals surface area contributed by atoms with Gasteiger partial charge in [0.1, 0.15) is 5.67 Å². The Bertz CT molecular complexity index is 212. The minimum absolute atomic E-state index is 0.100. The number of aliphatic hydroxyl groups is 1. The Kier molecular flexibility index (Phi) is 1.23. The summed E-state index contributed by atoms with van der Waals surface area (Å²) in [4.78, 5) is 0. The molecule has 0 spiro atoms. The lowest BCUT2D eigenvalue weighted by Gasteiger charge is -2.61. The van der Waals surface area contributed by atoms with Crippen LogP contribution in [0.15, 0.2) is 0 Å². The molecule has 4 rings (SSSR count). The van der Waals surface area contributed by atoms with E-state index in [9.17, 15) is 9.50 Å². The zero-order valence-electron chi connectivity index (χ0n) is 8.15. The average Bonchev–Trinajstić information content (AvgIpc) is 1.71. The third kappa shape index (κ3) is 1.08. The molecule has 0 heterocycles. The molecular formula is C11H17FO. The molecule has 1 nitrogen and oxygen atoms in total. The third-order valence-electron chi connectivity index (χ3n) is 4.25. The van der Waals surface area contributed by atoms with Gasteiger partial charge in [0, 0.05) is 6.42 Å². The van der Waals surface area contributed by atoms with Gasteiger partial charge in [-0.3, -0.25) is 0 Å². The Morgan fingerprint density at radius 1 is 1.15 bits per heavy atom. The second kappa shape index (κ2) is 1.95. The van der Waals surface area contributed by atoms with Gasteiger partial charge in [0.05, 0.1) is 5.60 Å². The van der Waals surface area contributed by atoms with Crippen LogP contribution in [0, 0.1) is 11.3 Å². The van der Waals surface area contributed by atoms with Gasteiger partial charge in [-0.05, 0) is 43.4 Å². The summed E-state index contributed by atoms with van der Waals surface area (Å²) in [7, 11) is 0. The van der Waals surface area contributed by atoms with Crippen molar-refractivity contribution in [1.82, 2.24) is 0 Å². The van der Waals surface area contributed by atoms with Crippen LogP contribution in [0.2, 0.25) is 0 Å². The van der Waals surface area contributed by atoms with E-state index in [0.29, 0.717) is 25.2 Å². The van der Waals surface area contributed by atoms with Crippen LogP contribution in [-0.4, -0.2) is 16.4 Å². The van der Waals surface area contributed by atoms with Crippen LogP contribution in [0.4, 0.5) is 4.39 Å². The number of alkyl halides is 1. The van der Waals surface area contributed by atoms with Crippen molar-refractivity contribution in [2.75, 3.05) is 0 Å². The van der Waals surface area contributed by atoms with Gasteiger partial charge in [-0.15, -0.1) is 0 Å². The first-order valence-electron chi connectivity index (χ1n) is 5.32. The van der Waals surface area contributed by atoms with E-state index in [4.69, 9.17) is 0 Å². The SMILES string of the molecule is CC12CC3CC(O)(C1)CC(F)(C3)C2. The summed E-state index contributed by atoms with van der Waals surface area (Å²) in [5.41, 5.74) is -1.57. The van der Waals surface area contributed by atoms with Gasteiger partial charge in [0.2, 0.25) is 0 Å². The fraction of sp³-hybridized carbons (Fsp3) is 1.00. The van der Waals surface area contributed by atoms with E-state index in [1.165, 1.54) is 0 Å². The molecule has 4 fully saturated rings. The summed E-state index contributed by atoms with van der Waals surface area (Å²) in [5.74, 6) is 0.455. The summed E-state index contributed by atoms with van der Waals surface area (Å²) in [6.07, 6.45) is 4.65. The summed E-state index contributed by atoms with van der Waals surface area (Å²) < 4.78 is 14.2. The second-order valence-corrected chi connectivity index (χ2v) is 6.19. The topological polar surface area (TPSA) is 20.2 Å². The van der Waals surface area contributed by atoms with E-state index >= 15 is 0 Å². The van der Waals surface area contributed by atoms with Gasteiger partial charge >= 0.3 is 0 Å². The number of hydrogen-bond donors (Lipinski definition) is 1. The maximum atomic E-state index is 14.2. The molecule has 1 N–H and O–H groups in total. The molecule has 4 saturated carbocycles. The summed E-state index contributed by atoms with van der Waals surface area (Å²) in [6, 6.07) is 0. The quantitative estimate of drug-likeness (QED) is 0.613. The van der Waals surface area contributed by atoms with E-state index in [0.717, 1.165) is 19.3 Å². The van der Waals surface area contributed by atoms with Crippen molar-refractivity contribution in [3.63, 3.8) is 0 Å². The highest BCUT2D eigenvalue weighted by molar-refractivity contribution is 5.13. The van der Waals surface area contributed by atoms with Crippen LogP contribution in [0.5, 0.6) is 0 Å². The van der Waals surface area contributed by atoms with Gasteiger partial charge in [-0.2, -0.15) is 0 Å². The lowest BCUT2D eigenvalue weighted by atomic mass is 9.47. The van der Waals surface area contributed by atoms with Crippen molar-refractivity contribution < 1.29 is 9.50 Å². The zero-order valence-corrected chi connectivity index (χ0v) is 8.15. The molecule has 0 amide bonds. The molecule has 74 valence electrons. The number of halogens is 1. The fourth-order valence-corrected chi connectivity index (χ4v) is 4.74. The molecule has 0 aromatic rings. The standard InChI is InChI=1S/C11H17FO/c1-9-2-8-3-10(12,5-9)7-11(13,4-8)6-9/h8,13H,2-7H2,1H3. The molecule has 4 atom stereocenters. The van der Waals surface area contributed by atoms with E-state index < -0.39 is 11.3 Å². The van der Waals surface area contributed by atoms with Crippen molar-refractivity contribution in [3.8, 4) is 0 Å². The lowest BCUT2D eigenvalue weighted by molar-refractivity contribution is -0.199. The highest BCUT2D eigenvalue weighted by atomic mass is 19.1. The van der Waals surface area contributed by atoms with E-state index in [2.05, 4.69) is 6.92 Å². The lowest BCUT2D eigenvalue weighted by Crippen LogP contribution is -2.60. The normalized spacial score (nSPS) is 64.4. The molecule has 0 saturated heterocycles. The van der Waals surface area contributed by atoms with Crippen LogP contribution in [0.3, 0.4) is 0 Å². The maximum Gasteiger partial charge on any atom is 0.114 e. The van der Waals surface area contributed by atoms with Crippen molar-refractivity contribution in [1.29, 1.82) is 0 Å².